The second kappa shape index (κ2) is 4.89. The molecule has 1 aliphatic heterocycles. The van der Waals surface area contributed by atoms with Gasteiger partial charge >= 0.3 is 10.4 Å². The first kappa shape index (κ1) is 13.7. The SMILES string of the molecule is O=S(=O)(O)O[C@@H]1[C@H](O)[C@@H](O)C([O-])O[C@@H]1CO. The first-order valence-electron chi connectivity index (χ1n) is 4.20. The lowest BCUT2D eigenvalue weighted by Gasteiger charge is -2.44. The van der Waals surface area contributed by atoms with Gasteiger partial charge in [0.25, 0.3) is 0 Å². The molecule has 0 aromatic carbocycles. The fourth-order valence-corrected chi connectivity index (χ4v) is 1.83. The lowest BCUT2D eigenvalue weighted by atomic mass is 9.99. The molecule has 16 heavy (non-hydrogen) atoms. The normalized spacial score (nSPS) is 40.9. The Balaban J connectivity index is 2.85. The Morgan fingerprint density at radius 2 is 1.88 bits per heavy atom. The van der Waals surface area contributed by atoms with Crippen LogP contribution in [0.3, 0.4) is 0 Å². The highest BCUT2D eigenvalue weighted by Gasteiger charge is 2.43. The van der Waals surface area contributed by atoms with E-state index < -0.39 is 47.7 Å². The molecule has 0 aromatic rings. The van der Waals surface area contributed by atoms with Crippen LogP contribution in [0, 0.1) is 0 Å². The van der Waals surface area contributed by atoms with E-state index in [-0.39, 0.29) is 0 Å². The van der Waals surface area contributed by atoms with Crippen molar-refractivity contribution in [3.63, 3.8) is 0 Å². The minimum Gasteiger partial charge on any atom is -0.829 e. The van der Waals surface area contributed by atoms with Gasteiger partial charge in [-0.1, -0.05) is 0 Å². The van der Waals surface area contributed by atoms with Crippen molar-refractivity contribution in [2.75, 3.05) is 6.61 Å². The summed E-state index contributed by atoms with van der Waals surface area (Å²) in [7, 11) is -4.90. The largest absolute Gasteiger partial charge is 0.829 e. The van der Waals surface area contributed by atoms with Gasteiger partial charge in [0.2, 0.25) is 0 Å². The van der Waals surface area contributed by atoms with Gasteiger partial charge in [-0.15, -0.1) is 0 Å². The molecule has 1 rings (SSSR count). The van der Waals surface area contributed by atoms with E-state index in [1.54, 1.807) is 0 Å². The summed E-state index contributed by atoms with van der Waals surface area (Å²) < 4.78 is 37.7. The zero-order valence-corrected chi connectivity index (χ0v) is 8.65. The van der Waals surface area contributed by atoms with E-state index in [9.17, 15) is 18.6 Å². The summed E-state index contributed by atoms with van der Waals surface area (Å²) in [6.07, 6.45) is -9.05. The minimum atomic E-state index is -4.90. The lowest BCUT2D eigenvalue weighted by molar-refractivity contribution is -0.532. The van der Waals surface area contributed by atoms with E-state index >= 15 is 0 Å². The third-order valence-electron chi connectivity index (χ3n) is 2.05. The highest BCUT2D eigenvalue weighted by Crippen LogP contribution is 2.22. The highest BCUT2D eigenvalue weighted by atomic mass is 32.3. The molecule has 0 radical (unpaired) electrons. The van der Waals surface area contributed by atoms with Gasteiger partial charge in [0.05, 0.1) is 12.7 Å². The summed E-state index contributed by atoms with van der Waals surface area (Å²) >= 11 is 0. The van der Waals surface area contributed by atoms with E-state index in [4.69, 9.17) is 14.8 Å². The van der Waals surface area contributed by atoms with Crippen LogP contribution in [0.1, 0.15) is 0 Å². The Morgan fingerprint density at radius 1 is 1.31 bits per heavy atom. The predicted molar refractivity (Wildman–Crippen MR) is 44.2 cm³/mol. The molecule has 0 amide bonds. The summed E-state index contributed by atoms with van der Waals surface area (Å²) in [5.41, 5.74) is 0. The molecule has 0 aromatic heterocycles. The van der Waals surface area contributed by atoms with Gasteiger partial charge in [0, 0.05) is 6.29 Å². The van der Waals surface area contributed by atoms with Crippen LogP contribution in [-0.2, 0) is 19.3 Å². The smallest absolute Gasteiger partial charge is 0.397 e. The fourth-order valence-electron chi connectivity index (χ4n) is 1.31. The van der Waals surface area contributed by atoms with E-state index in [0.717, 1.165) is 0 Å². The second-order valence-electron chi connectivity index (χ2n) is 3.20. The Labute approximate surface area is 90.8 Å². The molecule has 1 unspecified atom stereocenters. The molecule has 1 heterocycles. The molecule has 96 valence electrons. The Kier molecular flexibility index (Phi) is 4.20. The summed E-state index contributed by atoms with van der Waals surface area (Å²) in [6, 6.07) is 0. The van der Waals surface area contributed by atoms with Crippen molar-refractivity contribution in [3.05, 3.63) is 0 Å². The molecule has 4 N–H and O–H groups in total. The van der Waals surface area contributed by atoms with E-state index in [2.05, 4.69) is 8.92 Å². The van der Waals surface area contributed by atoms with Crippen molar-refractivity contribution in [2.24, 2.45) is 0 Å². The summed E-state index contributed by atoms with van der Waals surface area (Å²) in [5.74, 6) is 0. The summed E-state index contributed by atoms with van der Waals surface area (Å²) in [5, 5.41) is 38.2. The van der Waals surface area contributed by atoms with E-state index in [0.29, 0.717) is 0 Å². The van der Waals surface area contributed by atoms with Gasteiger partial charge < -0.3 is 25.2 Å². The number of aliphatic hydroxyl groups excluding tert-OH is 3. The van der Waals surface area contributed by atoms with Gasteiger partial charge in [0.15, 0.2) is 0 Å². The van der Waals surface area contributed by atoms with Crippen LogP contribution in [0.4, 0.5) is 0 Å². The molecule has 1 saturated heterocycles. The maximum Gasteiger partial charge on any atom is 0.397 e. The van der Waals surface area contributed by atoms with Crippen LogP contribution < -0.4 is 5.11 Å². The topological polar surface area (TPSA) is 157 Å². The van der Waals surface area contributed by atoms with Crippen molar-refractivity contribution in [2.45, 2.75) is 30.7 Å². The molecule has 9 nitrogen and oxygen atoms in total. The van der Waals surface area contributed by atoms with Crippen LogP contribution >= 0.6 is 0 Å². The van der Waals surface area contributed by atoms with Gasteiger partial charge in [0.1, 0.15) is 18.3 Å². The zero-order chi connectivity index (χ0) is 12.5. The van der Waals surface area contributed by atoms with Gasteiger partial charge in [-0.25, -0.2) is 4.18 Å². The highest BCUT2D eigenvalue weighted by molar-refractivity contribution is 7.80. The van der Waals surface area contributed by atoms with Crippen LogP contribution in [0.2, 0.25) is 0 Å². The van der Waals surface area contributed by atoms with E-state index in [1.807, 2.05) is 0 Å². The van der Waals surface area contributed by atoms with Crippen molar-refractivity contribution < 1.29 is 42.3 Å². The third kappa shape index (κ3) is 3.09. The first-order valence-corrected chi connectivity index (χ1v) is 5.56. The maximum atomic E-state index is 11.0. The molecule has 10 heteroatoms. The maximum absolute atomic E-state index is 11.0. The molecule has 0 spiro atoms. The molecule has 0 aliphatic carbocycles. The van der Waals surface area contributed by atoms with Gasteiger partial charge in [-0.2, -0.15) is 8.42 Å². The van der Waals surface area contributed by atoms with Crippen LogP contribution in [0.15, 0.2) is 0 Å². The monoisotopic (exact) mass is 259 g/mol. The molecular formula is C6H11O9S-. The Bertz CT molecular complexity index is 325. The quantitative estimate of drug-likeness (QED) is 0.370. The predicted octanol–water partition coefficient (Wildman–Crippen LogP) is -4.03. The van der Waals surface area contributed by atoms with Crippen LogP contribution in [0.25, 0.3) is 0 Å². The van der Waals surface area contributed by atoms with Gasteiger partial charge in [-0.3, -0.25) is 4.55 Å². The minimum absolute atomic E-state index is 0.817. The number of rotatable bonds is 3. The third-order valence-corrected chi connectivity index (χ3v) is 2.52. The Hall–Kier alpha value is -0.330. The molecule has 0 bridgehead atoms. The van der Waals surface area contributed by atoms with Crippen LogP contribution in [0.5, 0.6) is 0 Å². The lowest BCUT2D eigenvalue weighted by Crippen LogP contribution is -2.63. The molecule has 5 atom stereocenters. The summed E-state index contributed by atoms with van der Waals surface area (Å²) in [6.45, 7) is -0.817. The molecule has 1 aliphatic rings. The fraction of sp³-hybridized carbons (Fsp3) is 1.00. The van der Waals surface area contributed by atoms with Crippen molar-refractivity contribution in [3.8, 4) is 0 Å². The number of hydrogen-bond acceptors (Lipinski definition) is 8. The van der Waals surface area contributed by atoms with E-state index in [1.165, 1.54) is 0 Å². The van der Waals surface area contributed by atoms with Crippen molar-refractivity contribution in [1.82, 2.24) is 0 Å². The summed E-state index contributed by atoms with van der Waals surface area (Å²) in [4.78, 5) is 0. The zero-order valence-electron chi connectivity index (χ0n) is 7.83. The average Bonchev–Trinajstić information content (AvgIpc) is 2.17. The number of hydrogen-bond donors (Lipinski definition) is 4. The molecule has 1 fully saturated rings. The first-order chi connectivity index (χ1) is 7.26. The average molecular weight is 259 g/mol. The van der Waals surface area contributed by atoms with Gasteiger partial charge in [-0.05, 0) is 0 Å². The number of ether oxygens (including phenoxy) is 1. The molecule has 0 saturated carbocycles. The van der Waals surface area contributed by atoms with Crippen molar-refractivity contribution >= 4 is 10.4 Å². The molecular weight excluding hydrogens is 248 g/mol. The number of aliphatic hydroxyl groups is 3. The Morgan fingerprint density at radius 3 is 2.31 bits per heavy atom. The van der Waals surface area contributed by atoms with Crippen molar-refractivity contribution in [1.29, 1.82) is 0 Å². The van der Waals surface area contributed by atoms with Crippen LogP contribution in [-0.4, -0.2) is 65.6 Å². The standard InChI is InChI=1S/C6H11O9S/c7-1-2-5(15-16(11,12)13)3(8)4(9)6(10)14-2/h2-9H,1H2,(H,11,12,13)/q-1/t2-,3-,4-,5+,6?/m1/s1. The second-order valence-corrected chi connectivity index (χ2v) is 4.24.